The van der Waals surface area contributed by atoms with Crippen molar-refractivity contribution in [3.63, 3.8) is 0 Å². The molecule has 0 radical (unpaired) electrons. The molecule has 3 N–H and O–H groups in total. The van der Waals surface area contributed by atoms with Gasteiger partial charge < -0.3 is 10.1 Å². The van der Waals surface area contributed by atoms with Crippen LogP contribution < -0.4 is 0 Å². The number of imidazole rings is 1. The van der Waals surface area contributed by atoms with Gasteiger partial charge in [0, 0.05) is 17.5 Å². The summed E-state index contributed by atoms with van der Waals surface area (Å²) in [6.07, 6.45) is 1.18. The molecule has 6 nitrogen and oxygen atoms in total. The summed E-state index contributed by atoms with van der Waals surface area (Å²) in [6.45, 7) is -0.164. The van der Waals surface area contributed by atoms with Crippen molar-refractivity contribution in [2.45, 2.75) is 13.0 Å². The van der Waals surface area contributed by atoms with Crippen LogP contribution in [0, 0.1) is 11.6 Å². The molecule has 4 aromatic rings. The van der Waals surface area contributed by atoms with Gasteiger partial charge in [-0.1, -0.05) is 18.2 Å². The highest BCUT2D eigenvalue weighted by Crippen LogP contribution is 2.25. The number of rotatable bonds is 5. The fraction of sp³-hybridized carbons (Fsp3) is 0.105. The van der Waals surface area contributed by atoms with Gasteiger partial charge in [0.2, 0.25) is 0 Å². The molecule has 2 aromatic carbocycles. The van der Waals surface area contributed by atoms with Gasteiger partial charge in [0.25, 0.3) is 0 Å². The second kappa shape index (κ2) is 6.73. The van der Waals surface area contributed by atoms with Gasteiger partial charge in [0.15, 0.2) is 11.6 Å². The maximum absolute atomic E-state index is 13.8. The summed E-state index contributed by atoms with van der Waals surface area (Å²) in [5.74, 6) is -2.08. The Balaban J connectivity index is 1.71. The van der Waals surface area contributed by atoms with Crippen molar-refractivity contribution in [3.05, 3.63) is 70.9 Å². The molecule has 0 unspecified atom stereocenters. The first-order valence-electron chi connectivity index (χ1n) is 8.16. The number of nitrogens with one attached hydrogen (secondary N) is 2. The number of halogens is 2. The van der Waals surface area contributed by atoms with E-state index in [0.717, 1.165) is 12.1 Å². The molecule has 4 rings (SSSR count). The minimum Gasteiger partial charge on any atom is -0.392 e. The molecule has 0 atom stereocenters. The van der Waals surface area contributed by atoms with E-state index in [9.17, 15) is 18.7 Å². The zero-order valence-electron chi connectivity index (χ0n) is 14.0. The molecule has 2 aromatic heterocycles. The highest BCUT2D eigenvalue weighted by molar-refractivity contribution is 5.98. The lowest BCUT2D eigenvalue weighted by molar-refractivity contribution is 0.0985. The van der Waals surface area contributed by atoms with E-state index in [4.69, 9.17) is 0 Å². The molecular weight excluding hydrogens is 354 g/mol. The highest BCUT2D eigenvalue weighted by atomic mass is 19.1. The predicted molar refractivity (Wildman–Crippen MR) is 94.0 cm³/mol. The van der Waals surface area contributed by atoms with E-state index in [1.807, 2.05) is 0 Å². The largest absolute Gasteiger partial charge is 0.392 e. The van der Waals surface area contributed by atoms with Gasteiger partial charge in [-0.05, 0) is 18.2 Å². The van der Waals surface area contributed by atoms with Crippen LogP contribution in [0.25, 0.3) is 22.6 Å². The summed E-state index contributed by atoms with van der Waals surface area (Å²) in [7, 11) is 0. The number of carbonyl (C=O) groups is 1. The quantitative estimate of drug-likeness (QED) is 0.472. The number of aromatic amines is 2. The van der Waals surface area contributed by atoms with Crippen molar-refractivity contribution in [1.82, 2.24) is 20.2 Å². The normalized spacial score (nSPS) is 11.2. The fourth-order valence-electron chi connectivity index (χ4n) is 3.01. The third kappa shape index (κ3) is 3.00. The number of hydrogen-bond donors (Lipinski definition) is 3. The van der Waals surface area contributed by atoms with Crippen LogP contribution in [0.1, 0.15) is 21.5 Å². The number of fused-ring (bicyclic) bond motifs is 1. The molecule has 0 spiro atoms. The van der Waals surface area contributed by atoms with Gasteiger partial charge in [-0.2, -0.15) is 5.10 Å². The molecule has 0 fully saturated rings. The van der Waals surface area contributed by atoms with Crippen molar-refractivity contribution < 1.29 is 18.7 Å². The van der Waals surface area contributed by atoms with Gasteiger partial charge >= 0.3 is 0 Å². The lowest BCUT2D eigenvalue weighted by atomic mass is 10.0. The number of ketones is 1. The number of aromatic nitrogens is 4. The Morgan fingerprint density at radius 1 is 1.07 bits per heavy atom. The zero-order chi connectivity index (χ0) is 19.0. The second-order valence-electron chi connectivity index (χ2n) is 6.02. The zero-order valence-corrected chi connectivity index (χ0v) is 14.0. The van der Waals surface area contributed by atoms with E-state index in [2.05, 4.69) is 20.2 Å². The Morgan fingerprint density at radius 2 is 1.81 bits per heavy atom. The van der Waals surface area contributed by atoms with E-state index in [0.29, 0.717) is 33.7 Å². The number of aliphatic hydroxyl groups excluding tert-OH is 1. The molecule has 0 saturated carbocycles. The standard InChI is InChI=1S/C19H14F2N4O2/c20-12-4-2-5-13(21)16(12)15(27)7-11-8-22-25-18(11)19-23-14-6-1-3-10(9-26)17(14)24-19/h1-6,8,26H,7,9H2,(H,22,25)(H,23,24). The lowest BCUT2D eigenvalue weighted by Gasteiger charge is -2.04. The van der Waals surface area contributed by atoms with Crippen LogP contribution in [0.2, 0.25) is 0 Å². The summed E-state index contributed by atoms with van der Waals surface area (Å²) in [4.78, 5) is 20.0. The Labute approximate surface area is 151 Å². The van der Waals surface area contributed by atoms with Crippen LogP contribution in [0.5, 0.6) is 0 Å². The maximum Gasteiger partial charge on any atom is 0.173 e. The van der Waals surface area contributed by atoms with Gasteiger partial charge in [0.1, 0.15) is 17.3 Å². The van der Waals surface area contributed by atoms with E-state index >= 15 is 0 Å². The number of para-hydroxylation sites is 1. The van der Waals surface area contributed by atoms with Crippen molar-refractivity contribution in [1.29, 1.82) is 0 Å². The molecule has 0 aliphatic rings. The molecule has 0 saturated heterocycles. The van der Waals surface area contributed by atoms with Crippen molar-refractivity contribution in [2.24, 2.45) is 0 Å². The molecular formula is C19H14F2N4O2. The van der Waals surface area contributed by atoms with E-state index < -0.39 is 23.0 Å². The number of hydrogen-bond acceptors (Lipinski definition) is 4. The Hall–Kier alpha value is -3.39. The van der Waals surface area contributed by atoms with Crippen molar-refractivity contribution >= 4 is 16.8 Å². The average Bonchev–Trinajstić information content (AvgIpc) is 3.27. The lowest BCUT2D eigenvalue weighted by Crippen LogP contribution is -2.09. The first-order valence-corrected chi connectivity index (χ1v) is 8.16. The average molecular weight is 368 g/mol. The van der Waals surface area contributed by atoms with Gasteiger partial charge in [0.05, 0.1) is 29.4 Å². The first-order chi connectivity index (χ1) is 13.1. The molecule has 0 aliphatic carbocycles. The van der Waals surface area contributed by atoms with E-state index in [1.165, 1.54) is 12.3 Å². The van der Waals surface area contributed by atoms with Crippen LogP contribution in [0.3, 0.4) is 0 Å². The Morgan fingerprint density at radius 3 is 2.56 bits per heavy atom. The van der Waals surface area contributed by atoms with Gasteiger partial charge in [-0.25, -0.2) is 13.8 Å². The summed E-state index contributed by atoms with van der Waals surface area (Å²) >= 11 is 0. The van der Waals surface area contributed by atoms with Crippen LogP contribution in [-0.4, -0.2) is 31.1 Å². The number of aliphatic hydroxyl groups is 1. The minimum absolute atomic E-state index is 0.164. The number of benzene rings is 2. The number of H-pyrrole nitrogens is 2. The summed E-state index contributed by atoms with van der Waals surface area (Å²) in [5.41, 5.74) is 2.29. The third-order valence-electron chi connectivity index (χ3n) is 4.31. The van der Waals surface area contributed by atoms with Gasteiger partial charge in [-0.3, -0.25) is 9.89 Å². The highest BCUT2D eigenvalue weighted by Gasteiger charge is 2.21. The smallest absolute Gasteiger partial charge is 0.173 e. The SMILES string of the molecule is O=C(Cc1cn[nH]c1-c1nc2c(CO)cccc2[nH]1)c1c(F)cccc1F. The van der Waals surface area contributed by atoms with Crippen molar-refractivity contribution in [3.8, 4) is 11.5 Å². The molecule has 136 valence electrons. The number of nitrogens with zero attached hydrogens (tertiary/aromatic N) is 2. The Bertz CT molecular complexity index is 1130. The fourth-order valence-corrected chi connectivity index (χ4v) is 3.01. The molecule has 27 heavy (non-hydrogen) atoms. The predicted octanol–water partition coefficient (Wildman–Crippen LogP) is 3.15. The molecule has 0 aliphatic heterocycles. The van der Waals surface area contributed by atoms with Crippen LogP contribution in [0.15, 0.2) is 42.6 Å². The third-order valence-corrected chi connectivity index (χ3v) is 4.31. The minimum atomic E-state index is -0.902. The monoisotopic (exact) mass is 368 g/mol. The van der Waals surface area contributed by atoms with Crippen LogP contribution in [0.4, 0.5) is 8.78 Å². The summed E-state index contributed by atoms with van der Waals surface area (Å²) in [5, 5.41) is 16.1. The molecule has 8 heteroatoms. The van der Waals surface area contributed by atoms with Gasteiger partial charge in [-0.15, -0.1) is 0 Å². The number of carbonyl (C=O) groups excluding carboxylic acids is 1. The van der Waals surface area contributed by atoms with Crippen molar-refractivity contribution in [2.75, 3.05) is 0 Å². The van der Waals surface area contributed by atoms with Crippen LogP contribution in [-0.2, 0) is 13.0 Å². The maximum atomic E-state index is 13.8. The molecule has 0 bridgehead atoms. The topological polar surface area (TPSA) is 94.7 Å². The summed E-state index contributed by atoms with van der Waals surface area (Å²) < 4.78 is 27.7. The molecule has 0 amide bonds. The van der Waals surface area contributed by atoms with E-state index in [1.54, 1.807) is 18.2 Å². The van der Waals surface area contributed by atoms with E-state index in [-0.39, 0.29) is 13.0 Å². The first kappa shape index (κ1) is 17.0. The molecule has 2 heterocycles. The van der Waals surface area contributed by atoms with Crippen LogP contribution >= 0.6 is 0 Å². The summed E-state index contributed by atoms with van der Waals surface area (Å²) in [6, 6.07) is 8.64. The second-order valence-corrected chi connectivity index (χ2v) is 6.02. The number of Topliss-reactive ketones (excluding diaryl/α,β-unsaturated/α-hetero) is 1. The Kier molecular flexibility index (Phi) is 4.25.